The Labute approximate surface area is 132 Å². The first-order valence-electron chi connectivity index (χ1n) is 7.46. The molecule has 0 spiro atoms. The van der Waals surface area contributed by atoms with E-state index < -0.39 is 11.7 Å². The van der Waals surface area contributed by atoms with Crippen LogP contribution in [0.4, 0.5) is 10.6 Å². The van der Waals surface area contributed by atoms with Crippen molar-refractivity contribution in [3.05, 3.63) is 23.9 Å². The Balaban J connectivity index is 2.81. The molecule has 5 nitrogen and oxygen atoms in total. The van der Waals surface area contributed by atoms with Crippen molar-refractivity contribution in [3.63, 3.8) is 0 Å². The molecule has 0 unspecified atom stereocenters. The second kappa shape index (κ2) is 6.90. The summed E-state index contributed by atoms with van der Waals surface area (Å²) in [5, 5.41) is 2.55. The molecule has 0 bridgehead atoms. The molecule has 0 aliphatic rings. The summed E-state index contributed by atoms with van der Waals surface area (Å²) in [4.78, 5) is 28.3. The van der Waals surface area contributed by atoms with Gasteiger partial charge in [0.1, 0.15) is 11.4 Å². The van der Waals surface area contributed by atoms with E-state index in [2.05, 4.69) is 31.1 Å². The van der Waals surface area contributed by atoms with Gasteiger partial charge in [-0.1, -0.05) is 20.8 Å². The van der Waals surface area contributed by atoms with Crippen LogP contribution in [0.3, 0.4) is 0 Å². The van der Waals surface area contributed by atoms with E-state index in [0.717, 1.165) is 6.42 Å². The van der Waals surface area contributed by atoms with Crippen LogP contribution < -0.4 is 5.32 Å². The fraction of sp³-hybridized carbons (Fsp3) is 0.588. The van der Waals surface area contributed by atoms with E-state index in [-0.39, 0.29) is 17.0 Å². The third-order valence-corrected chi connectivity index (χ3v) is 2.83. The quantitative estimate of drug-likeness (QED) is 0.835. The van der Waals surface area contributed by atoms with Gasteiger partial charge in [-0.25, -0.2) is 9.78 Å². The van der Waals surface area contributed by atoms with Crippen LogP contribution in [0.25, 0.3) is 0 Å². The highest BCUT2D eigenvalue weighted by Gasteiger charge is 2.20. The number of Topliss-reactive ketones (excluding diaryl/α,β-unsaturated/α-hetero) is 1. The van der Waals surface area contributed by atoms with Gasteiger partial charge in [0.15, 0.2) is 5.78 Å². The van der Waals surface area contributed by atoms with Gasteiger partial charge >= 0.3 is 6.09 Å². The molecule has 0 radical (unpaired) electrons. The first-order valence-corrected chi connectivity index (χ1v) is 7.46. The fourth-order valence-electron chi connectivity index (χ4n) is 1.75. The molecule has 1 rings (SSSR count). The Morgan fingerprint density at radius 1 is 1.18 bits per heavy atom. The number of nitrogens with zero attached hydrogens (tertiary/aromatic N) is 1. The maximum atomic E-state index is 12.3. The number of anilines is 1. The number of carbonyl (C=O) groups excluding carboxylic acids is 2. The van der Waals surface area contributed by atoms with Gasteiger partial charge in [-0.05, 0) is 44.7 Å². The molecule has 1 aromatic heterocycles. The number of ether oxygens (including phenoxy) is 1. The predicted octanol–water partition coefficient (Wildman–Crippen LogP) is 4.44. The Kier molecular flexibility index (Phi) is 5.69. The largest absolute Gasteiger partial charge is 0.444 e. The van der Waals surface area contributed by atoms with E-state index in [1.807, 2.05) is 0 Å². The number of nitrogens with one attached hydrogen (secondary N) is 1. The summed E-state index contributed by atoms with van der Waals surface area (Å²) in [5.74, 6) is 0.213. The third-order valence-electron chi connectivity index (χ3n) is 2.83. The van der Waals surface area contributed by atoms with Crippen molar-refractivity contribution in [2.24, 2.45) is 5.41 Å². The molecule has 0 saturated carbocycles. The molecule has 5 heteroatoms. The summed E-state index contributed by atoms with van der Waals surface area (Å²) in [6, 6.07) is 3.36. The highest BCUT2D eigenvalue weighted by Crippen LogP contribution is 2.23. The third kappa shape index (κ3) is 6.70. The maximum Gasteiger partial charge on any atom is 0.413 e. The van der Waals surface area contributed by atoms with E-state index in [1.54, 1.807) is 32.9 Å². The lowest BCUT2D eigenvalue weighted by Gasteiger charge is -2.20. The van der Waals surface area contributed by atoms with E-state index in [0.29, 0.717) is 12.0 Å². The lowest BCUT2D eigenvalue weighted by atomic mass is 9.88. The molecule has 1 heterocycles. The standard InChI is InChI=1S/C17H26N2O3/c1-16(2,3)10-9-13(20)12-8-7-11-18-14(12)19-15(21)22-17(4,5)6/h7-8,11H,9-10H2,1-6H3,(H,18,19,21). The first-order chi connectivity index (χ1) is 9.98. The SMILES string of the molecule is CC(C)(C)CCC(=O)c1cccnc1NC(=O)OC(C)(C)C. The van der Waals surface area contributed by atoms with E-state index in [4.69, 9.17) is 4.74 Å². The number of ketones is 1. The van der Waals surface area contributed by atoms with Crippen molar-refractivity contribution < 1.29 is 14.3 Å². The first kappa shape index (κ1) is 18.1. The van der Waals surface area contributed by atoms with Crippen molar-refractivity contribution in [2.45, 2.75) is 60.0 Å². The lowest BCUT2D eigenvalue weighted by molar-refractivity contribution is 0.0635. The van der Waals surface area contributed by atoms with Crippen molar-refractivity contribution in [2.75, 3.05) is 5.32 Å². The minimum atomic E-state index is -0.615. The van der Waals surface area contributed by atoms with Gasteiger partial charge in [0.2, 0.25) is 0 Å². The van der Waals surface area contributed by atoms with Gasteiger partial charge in [0.05, 0.1) is 5.56 Å². The second-order valence-corrected chi connectivity index (χ2v) is 7.51. The Morgan fingerprint density at radius 3 is 2.36 bits per heavy atom. The fourth-order valence-corrected chi connectivity index (χ4v) is 1.75. The monoisotopic (exact) mass is 306 g/mol. The summed E-state index contributed by atoms with van der Waals surface area (Å²) < 4.78 is 5.19. The van der Waals surface area contributed by atoms with Crippen LogP contribution in [-0.4, -0.2) is 22.5 Å². The van der Waals surface area contributed by atoms with Crippen LogP contribution in [0.2, 0.25) is 0 Å². The van der Waals surface area contributed by atoms with Crippen LogP contribution in [-0.2, 0) is 4.74 Å². The normalized spacial score (nSPS) is 11.9. The van der Waals surface area contributed by atoms with E-state index >= 15 is 0 Å². The van der Waals surface area contributed by atoms with Gasteiger partial charge in [-0.15, -0.1) is 0 Å². The highest BCUT2D eigenvalue weighted by molar-refractivity contribution is 6.02. The highest BCUT2D eigenvalue weighted by atomic mass is 16.6. The maximum absolute atomic E-state index is 12.3. The molecular weight excluding hydrogens is 280 g/mol. The Bertz CT molecular complexity index is 540. The van der Waals surface area contributed by atoms with Crippen molar-refractivity contribution in [3.8, 4) is 0 Å². The molecule has 22 heavy (non-hydrogen) atoms. The molecule has 1 amide bonds. The molecule has 1 aromatic rings. The predicted molar refractivity (Wildman–Crippen MR) is 87.1 cm³/mol. The van der Waals surface area contributed by atoms with Gasteiger partial charge in [-0.2, -0.15) is 0 Å². The van der Waals surface area contributed by atoms with Crippen molar-refractivity contribution in [1.82, 2.24) is 4.98 Å². The van der Waals surface area contributed by atoms with E-state index in [1.165, 1.54) is 6.20 Å². The zero-order valence-electron chi connectivity index (χ0n) is 14.3. The zero-order chi connectivity index (χ0) is 17.0. The van der Waals surface area contributed by atoms with Gasteiger partial charge < -0.3 is 4.74 Å². The minimum absolute atomic E-state index is 0.0333. The summed E-state index contributed by atoms with van der Waals surface area (Å²) in [5.41, 5.74) is -0.107. The molecule has 1 N–H and O–H groups in total. The summed E-state index contributed by atoms with van der Waals surface area (Å²) in [6.45, 7) is 11.6. The Morgan fingerprint density at radius 2 is 1.82 bits per heavy atom. The number of rotatable bonds is 4. The zero-order valence-corrected chi connectivity index (χ0v) is 14.3. The number of pyridine rings is 1. The summed E-state index contributed by atoms with van der Waals surface area (Å²) in [7, 11) is 0. The number of hydrogen-bond acceptors (Lipinski definition) is 4. The molecule has 0 atom stereocenters. The molecule has 0 aliphatic carbocycles. The lowest BCUT2D eigenvalue weighted by Crippen LogP contribution is -2.28. The average Bonchev–Trinajstić information content (AvgIpc) is 2.33. The van der Waals surface area contributed by atoms with Crippen molar-refractivity contribution in [1.29, 1.82) is 0 Å². The molecule has 0 aliphatic heterocycles. The van der Waals surface area contributed by atoms with Crippen LogP contribution in [0.15, 0.2) is 18.3 Å². The second-order valence-electron chi connectivity index (χ2n) is 7.51. The molecule has 122 valence electrons. The molecular formula is C17H26N2O3. The minimum Gasteiger partial charge on any atom is -0.444 e. The van der Waals surface area contributed by atoms with Gasteiger partial charge in [0.25, 0.3) is 0 Å². The molecule has 0 fully saturated rings. The number of hydrogen-bond donors (Lipinski definition) is 1. The van der Waals surface area contributed by atoms with Crippen LogP contribution >= 0.6 is 0 Å². The molecule has 0 saturated heterocycles. The van der Waals surface area contributed by atoms with Crippen LogP contribution in [0, 0.1) is 5.41 Å². The van der Waals surface area contributed by atoms with Crippen molar-refractivity contribution >= 4 is 17.7 Å². The van der Waals surface area contributed by atoms with Crippen LogP contribution in [0.1, 0.15) is 64.7 Å². The number of aromatic nitrogens is 1. The van der Waals surface area contributed by atoms with Gasteiger partial charge in [0, 0.05) is 12.6 Å². The topological polar surface area (TPSA) is 68.3 Å². The average molecular weight is 306 g/mol. The van der Waals surface area contributed by atoms with E-state index in [9.17, 15) is 9.59 Å². The summed E-state index contributed by atoms with van der Waals surface area (Å²) >= 11 is 0. The number of amides is 1. The smallest absolute Gasteiger partial charge is 0.413 e. The van der Waals surface area contributed by atoms with Gasteiger partial charge in [-0.3, -0.25) is 10.1 Å². The molecule has 0 aromatic carbocycles. The Hall–Kier alpha value is -1.91. The summed E-state index contributed by atoms with van der Waals surface area (Å²) in [6.07, 6.45) is 2.11. The van der Waals surface area contributed by atoms with Crippen LogP contribution in [0.5, 0.6) is 0 Å². The number of carbonyl (C=O) groups is 2.